The van der Waals surface area contributed by atoms with E-state index in [4.69, 9.17) is 9.97 Å². The van der Waals surface area contributed by atoms with Crippen LogP contribution in [0.3, 0.4) is 0 Å². The number of fused-ring (bicyclic) bond motifs is 1. The van der Waals surface area contributed by atoms with E-state index in [2.05, 4.69) is 67.3 Å². The summed E-state index contributed by atoms with van der Waals surface area (Å²) in [4.78, 5) is 19.2. The van der Waals surface area contributed by atoms with Crippen LogP contribution in [-0.2, 0) is 9.73 Å². The zero-order valence-electron chi connectivity index (χ0n) is 22.4. The first-order chi connectivity index (χ1) is 18.2. The molecule has 198 valence electrons. The van der Waals surface area contributed by atoms with E-state index in [0.717, 1.165) is 61.6 Å². The molecular weight excluding hydrogens is 496 g/mol. The Kier molecular flexibility index (Phi) is 6.31. The lowest BCUT2D eigenvalue weighted by Gasteiger charge is -2.34. The number of hydrogen-bond acceptors (Lipinski definition) is 8. The molecule has 38 heavy (non-hydrogen) atoms. The Hall–Kier alpha value is -3.50. The quantitative estimate of drug-likeness (QED) is 0.381. The Balaban J connectivity index is 1.35. The van der Waals surface area contributed by atoms with Gasteiger partial charge in [-0.15, -0.1) is 0 Å². The normalized spacial score (nSPS) is 16.7. The molecule has 1 N–H and O–H groups in total. The number of pyridine rings is 1. The van der Waals surface area contributed by atoms with E-state index in [-0.39, 0.29) is 0 Å². The molecule has 0 atom stereocenters. The van der Waals surface area contributed by atoms with Crippen LogP contribution in [0, 0.1) is 6.92 Å². The zero-order chi connectivity index (χ0) is 26.4. The maximum Gasteiger partial charge on any atom is 0.229 e. The summed E-state index contributed by atoms with van der Waals surface area (Å²) in [5, 5.41) is 4.40. The Bertz CT molecular complexity index is 1600. The van der Waals surface area contributed by atoms with Gasteiger partial charge < -0.3 is 15.1 Å². The predicted octanol–water partition coefficient (Wildman–Crippen LogP) is 4.86. The first-order valence-electron chi connectivity index (χ1n) is 13.1. The Morgan fingerprint density at radius 2 is 1.74 bits per heavy atom. The van der Waals surface area contributed by atoms with Gasteiger partial charge in [0.25, 0.3) is 0 Å². The van der Waals surface area contributed by atoms with E-state index in [1.54, 1.807) is 18.6 Å². The van der Waals surface area contributed by atoms with E-state index in [9.17, 15) is 4.21 Å². The molecule has 0 bridgehead atoms. The van der Waals surface area contributed by atoms with Crippen molar-refractivity contribution in [1.29, 1.82) is 0 Å². The van der Waals surface area contributed by atoms with Crippen molar-refractivity contribution in [3.05, 3.63) is 59.9 Å². The topological polar surface area (TPSA) is 91.5 Å². The molecule has 0 radical (unpaired) electrons. The fourth-order valence-electron chi connectivity index (χ4n) is 5.13. The van der Waals surface area contributed by atoms with Gasteiger partial charge in [0.2, 0.25) is 5.95 Å². The van der Waals surface area contributed by atoms with Crippen molar-refractivity contribution >= 4 is 43.9 Å². The van der Waals surface area contributed by atoms with Crippen LogP contribution in [0.15, 0.2) is 53.0 Å². The number of anilines is 3. The molecule has 9 nitrogen and oxygen atoms in total. The van der Waals surface area contributed by atoms with Crippen molar-refractivity contribution in [3.63, 3.8) is 0 Å². The van der Waals surface area contributed by atoms with E-state index in [0.29, 0.717) is 17.7 Å². The van der Waals surface area contributed by atoms with Crippen molar-refractivity contribution in [3.8, 4) is 5.82 Å². The number of piperazine rings is 1. The molecule has 1 aromatic carbocycles. The van der Waals surface area contributed by atoms with Gasteiger partial charge in [0.05, 0.1) is 0 Å². The number of nitrogens with one attached hydrogen (secondary N) is 1. The van der Waals surface area contributed by atoms with Gasteiger partial charge in [-0.05, 0) is 68.8 Å². The van der Waals surface area contributed by atoms with Gasteiger partial charge in [0, 0.05) is 83.0 Å². The van der Waals surface area contributed by atoms with Crippen molar-refractivity contribution in [2.45, 2.75) is 25.7 Å². The SMILES string of the molecule is Cc1c(C2CC2)n(-c2cccc(N=S(C)(C)=O)n2)c2nc(Nc3ccc(N4CCN(C)CC4)cc3)ncc12. The molecule has 2 fully saturated rings. The van der Waals surface area contributed by atoms with E-state index in [1.165, 1.54) is 16.9 Å². The summed E-state index contributed by atoms with van der Waals surface area (Å²) >= 11 is 0. The fourth-order valence-corrected chi connectivity index (χ4v) is 5.68. The minimum atomic E-state index is -2.32. The van der Waals surface area contributed by atoms with Crippen LogP contribution in [-0.4, -0.2) is 74.4 Å². The molecule has 1 aliphatic carbocycles. The molecule has 4 aromatic rings. The molecule has 1 saturated carbocycles. The summed E-state index contributed by atoms with van der Waals surface area (Å²) < 4.78 is 18.8. The summed E-state index contributed by atoms with van der Waals surface area (Å²) in [6, 6.07) is 14.1. The summed E-state index contributed by atoms with van der Waals surface area (Å²) in [5.74, 6) is 2.21. The van der Waals surface area contributed by atoms with Crippen LogP contribution in [0.5, 0.6) is 0 Å². The molecule has 0 unspecified atom stereocenters. The third-order valence-electron chi connectivity index (χ3n) is 7.23. The van der Waals surface area contributed by atoms with Crippen LogP contribution in [0.25, 0.3) is 16.9 Å². The Morgan fingerprint density at radius 3 is 2.42 bits per heavy atom. The van der Waals surface area contributed by atoms with Crippen molar-refractivity contribution in [2.75, 3.05) is 56.0 Å². The summed E-state index contributed by atoms with van der Waals surface area (Å²) in [6.45, 7) is 6.38. The van der Waals surface area contributed by atoms with Crippen LogP contribution >= 0.6 is 0 Å². The van der Waals surface area contributed by atoms with Gasteiger partial charge in [-0.25, -0.2) is 14.2 Å². The fraction of sp³-hybridized carbons (Fsp3) is 0.393. The van der Waals surface area contributed by atoms with Gasteiger partial charge in [-0.3, -0.25) is 4.57 Å². The molecule has 2 aliphatic rings. The van der Waals surface area contributed by atoms with E-state index < -0.39 is 9.73 Å². The molecule has 4 heterocycles. The first kappa shape index (κ1) is 24.8. The number of aryl methyl sites for hydroxylation is 1. The number of benzene rings is 1. The molecular formula is C28H34N8OS. The maximum atomic E-state index is 12.3. The molecule has 1 saturated heterocycles. The highest BCUT2D eigenvalue weighted by Gasteiger charge is 2.32. The zero-order valence-corrected chi connectivity index (χ0v) is 23.2. The average Bonchev–Trinajstić information content (AvgIpc) is 3.68. The Labute approximate surface area is 224 Å². The third kappa shape index (κ3) is 5.10. The first-order valence-corrected chi connectivity index (χ1v) is 15.4. The van der Waals surface area contributed by atoms with Gasteiger partial charge in [0.1, 0.15) is 5.82 Å². The van der Waals surface area contributed by atoms with Gasteiger partial charge in [0.15, 0.2) is 11.5 Å². The van der Waals surface area contributed by atoms with Crippen molar-refractivity contribution in [2.24, 2.45) is 4.36 Å². The highest BCUT2D eigenvalue weighted by Crippen LogP contribution is 2.45. The monoisotopic (exact) mass is 530 g/mol. The maximum absolute atomic E-state index is 12.3. The second-order valence-electron chi connectivity index (χ2n) is 10.6. The number of hydrogen-bond donors (Lipinski definition) is 1. The second-order valence-corrected chi connectivity index (χ2v) is 13.2. The largest absolute Gasteiger partial charge is 0.369 e. The summed E-state index contributed by atoms with van der Waals surface area (Å²) in [7, 11) is -0.150. The van der Waals surface area contributed by atoms with Gasteiger partial charge in [-0.1, -0.05) is 6.07 Å². The van der Waals surface area contributed by atoms with E-state index in [1.807, 2.05) is 18.3 Å². The lowest BCUT2D eigenvalue weighted by molar-refractivity contribution is 0.313. The smallest absolute Gasteiger partial charge is 0.229 e. The minimum Gasteiger partial charge on any atom is -0.369 e. The molecule has 6 rings (SSSR count). The molecule has 3 aromatic heterocycles. The average molecular weight is 531 g/mol. The molecule has 1 aliphatic heterocycles. The van der Waals surface area contributed by atoms with Gasteiger partial charge >= 0.3 is 0 Å². The van der Waals surface area contributed by atoms with Crippen LogP contribution in [0.2, 0.25) is 0 Å². The minimum absolute atomic E-state index is 0.464. The van der Waals surface area contributed by atoms with Crippen LogP contribution in [0.1, 0.15) is 30.0 Å². The van der Waals surface area contributed by atoms with Crippen LogP contribution < -0.4 is 10.2 Å². The standard InChI is InChI=1S/C28H34N8OS/c1-19-23-18-29-28(30-21-10-12-22(13-11-21)35-16-14-34(2)15-17-35)32-27(23)36(26(19)20-8-9-20)25-7-5-6-24(31-25)33-38(3,4)37/h5-7,10-13,18,20H,8-9,14-17H2,1-4H3,(H,29,30,32). The second kappa shape index (κ2) is 9.67. The lowest BCUT2D eigenvalue weighted by Crippen LogP contribution is -2.44. The highest BCUT2D eigenvalue weighted by molar-refractivity contribution is 7.92. The number of rotatable bonds is 6. The Morgan fingerprint density at radius 1 is 1.00 bits per heavy atom. The van der Waals surface area contributed by atoms with Gasteiger partial charge in [-0.2, -0.15) is 9.35 Å². The predicted molar refractivity (Wildman–Crippen MR) is 155 cm³/mol. The van der Waals surface area contributed by atoms with Crippen molar-refractivity contribution < 1.29 is 4.21 Å². The lowest BCUT2D eigenvalue weighted by atomic mass is 10.1. The van der Waals surface area contributed by atoms with Crippen molar-refractivity contribution in [1.82, 2.24) is 24.4 Å². The molecule has 0 amide bonds. The number of nitrogens with zero attached hydrogens (tertiary/aromatic N) is 7. The highest BCUT2D eigenvalue weighted by atomic mass is 32.2. The van der Waals surface area contributed by atoms with E-state index >= 15 is 0 Å². The summed E-state index contributed by atoms with van der Waals surface area (Å²) in [5.41, 5.74) is 5.40. The third-order valence-corrected chi connectivity index (χ3v) is 7.85. The molecule has 10 heteroatoms. The molecule has 0 spiro atoms. The van der Waals surface area contributed by atoms with Crippen LogP contribution in [0.4, 0.5) is 23.1 Å². The summed E-state index contributed by atoms with van der Waals surface area (Å²) in [6.07, 6.45) is 7.44. The number of aromatic nitrogens is 4. The number of likely N-dealkylation sites (N-methyl/N-ethyl adjacent to an activating group) is 1.